The van der Waals surface area contributed by atoms with Crippen LogP contribution in [0.25, 0.3) is 0 Å². The molecule has 1 aliphatic rings. The van der Waals surface area contributed by atoms with Gasteiger partial charge >= 0.3 is 5.69 Å². The first-order chi connectivity index (χ1) is 9.01. The average molecular weight is 266 g/mol. The van der Waals surface area contributed by atoms with E-state index in [1.807, 2.05) is 0 Å². The molecule has 19 heavy (non-hydrogen) atoms. The second-order valence-electron chi connectivity index (χ2n) is 4.92. The third kappa shape index (κ3) is 2.96. The normalized spacial score (nSPS) is 21.9. The van der Waals surface area contributed by atoms with Gasteiger partial charge in [-0.15, -0.1) is 0 Å². The van der Waals surface area contributed by atoms with Crippen LogP contribution in [0.15, 0.2) is 18.2 Å². The minimum Gasteiger partial charge on any atom is -0.490 e. The van der Waals surface area contributed by atoms with Gasteiger partial charge in [0.1, 0.15) is 11.9 Å². The number of nitro benzene ring substituents is 1. The SMILES string of the molecule is COc1cc(OC2CC(N(C)C)C2)ccc1[N+](=O)[O-]. The molecule has 0 atom stereocenters. The number of benzene rings is 1. The summed E-state index contributed by atoms with van der Waals surface area (Å²) in [5.74, 6) is 0.843. The van der Waals surface area contributed by atoms with Crippen LogP contribution in [0.2, 0.25) is 0 Å². The van der Waals surface area contributed by atoms with Crippen molar-refractivity contribution < 1.29 is 14.4 Å². The maximum absolute atomic E-state index is 10.8. The number of ether oxygens (including phenoxy) is 2. The van der Waals surface area contributed by atoms with Crippen molar-refractivity contribution >= 4 is 5.69 Å². The summed E-state index contributed by atoms with van der Waals surface area (Å²) in [7, 11) is 5.52. The van der Waals surface area contributed by atoms with Crippen molar-refractivity contribution in [2.45, 2.75) is 25.0 Å². The van der Waals surface area contributed by atoms with E-state index in [9.17, 15) is 10.1 Å². The molecule has 104 valence electrons. The van der Waals surface area contributed by atoms with Gasteiger partial charge in [0.25, 0.3) is 0 Å². The number of hydrogen-bond donors (Lipinski definition) is 0. The highest BCUT2D eigenvalue weighted by Crippen LogP contribution is 2.34. The number of rotatable bonds is 5. The van der Waals surface area contributed by atoms with E-state index in [0.717, 1.165) is 12.8 Å². The van der Waals surface area contributed by atoms with Crippen molar-refractivity contribution in [1.82, 2.24) is 4.90 Å². The Morgan fingerprint density at radius 3 is 2.58 bits per heavy atom. The van der Waals surface area contributed by atoms with Gasteiger partial charge in [-0.05, 0) is 33.0 Å². The zero-order chi connectivity index (χ0) is 14.0. The lowest BCUT2D eigenvalue weighted by Gasteiger charge is -2.39. The number of methoxy groups -OCH3 is 1. The molecule has 0 saturated heterocycles. The molecule has 0 radical (unpaired) electrons. The first-order valence-electron chi connectivity index (χ1n) is 6.16. The second-order valence-corrected chi connectivity index (χ2v) is 4.92. The van der Waals surface area contributed by atoms with E-state index in [0.29, 0.717) is 11.8 Å². The van der Waals surface area contributed by atoms with Crippen molar-refractivity contribution in [3.05, 3.63) is 28.3 Å². The molecule has 0 bridgehead atoms. The smallest absolute Gasteiger partial charge is 0.311 e. The van der Waals surface area contributed by atoms with Crippen LogP contribution in [0.5, 0.6) is 11.5 Å². The molecule has 2 rings (SSSR count). The highest BCUT2D eigenvalue weighted by molar-refractivity contribution is 5.50. The van der Waals surface area contributed by atoms with Crippen LogP contribution in [0.3, 0.4) is 0 Å². The molecule has 1 aromatic carbocycles. The molecular weight excluding hydrogens is 248 g/mol. The molecule has 0 amide bonds. The molecule has 1 fully saturated rings. The highest BCUT2D eigenvalue weighted by Gasteiger charge is 2.32. The monoisotopic (exact) mass is 266 g/mol. The van der Waals surface area contributed by atoms with Crippen LogP contribution in [-0.2, 0) is 0 Å². The fourth-order valence-electron chi connectivity index (χ4n) is 2.13. The molecule has 1 saturated carbocycles. The molecule has 0 aliphatic heterocycles. The predicted octanol–water partition coefficient (Wildman–Crippen LogP) is 2.07. The molecular formula is C13H18N2O4. The van der Waals surface area contributed by atoms with Crippen LogP contribution in [0.1, 0.15) is 12.8 Å². The van der Waals surface area contributed by atoms with E-state index < -0.39 is 4.92 Å². The lowest BCUT2D eigenvalue weighted by atomic mass is 9.88. The predicted molar refractivity (Wildman–Crippen MR) is 70.8 cm³/mol. The number of hydrogen-bond acceptors (Lipinski definition) is 5. The molecule has 0 heterocycles. The first-order valence-corrected chi connectivity index (χ1v) is 6.16. The van der Waals surface area contributed by atoms with Gasteiger partial charge in [-0.2, -0.15) is 0 Å². The lowest BCUT2D eigenvalue weighted by molar-refractivity contribution is -0.385. The summed E-state index contributed by atoms with van der Waals surface area (Å²) in [6.45, 7) is 0. The van der Waals surface area contributed by atoms with Crippen molar-refractivity contribution in [2.24, 2.45) is 0 Å². The van der Waals surface area contributed by atoms with Gasteiger partial charge < -0.3 is 14.4 Å². The van der Waals surface area contributed by atoms with Crippen LogP contribution >= 0.6 is 0 Å². The van der Waals surface area contributed by atoms with Gasteiger partial charge in [0.2, 0.25) is 5.75 Å². The third-order valence-electron chi connectivity index (χ3n) is 3.45. The standard InChI is InChI=1S/C13H18N2O4/c1-14(2)9-6-11(7-9)19-10-4-5-12(15(16)17)13(8-10)18-3/h4-5,8-9,11H,6-7H2,1-3H3. The van der Waals surface area contributed by atoms with Crippen molar-refractivity contribution in [1.29, 1.82) is 0 Å². The van der Waals surface area contributed by atoms with E-state index in [1.165, 1.54) is 13.2 Å². The van der Waals surface area contributed by atoms with E-state index in [2.05, 4.69) is 19.0 Å². The molecule has 0 aromatic heterocycles. The van der Waals surface area contributed by atoms with Crippen LogP contribution < -0.4 is 9.47 Å². The van der Waals surface area contributed by atoms with Gasteiger partial charge in [-0.25, -0.2) is 0 Å². The maximum atomic E-state index is 10.8. The second kappa shape index (κ2) is 5.44. The summed E-state index contributed by atoms with van der Waals surface area (Å²) >= 11 is 0. The summed E-state index contributed by atoms with van der Waals surface area (Å²) in [4.78, 5) is 12.5. The Bertz CT molecular complexity index is 470. The fraction of sp³-hybridized carbons (Fsp3) is 0.538. The Morgan fingerprint density at radius 1 is 1.37 bits per heavy atom. The molecule has 0 unspecified atom stereocenters. The Hall–Kier alpha value is -1.82. The van der Waals surface area contributed by atoms with Gasteiger partial charge in [0, 0.05) is 18.2 Å². The van der Waals surface area contributed by atoms with Crippen molar-refractivity contribution in [2.75, 3.05) is 21.2 Å². The lowest BCUT2D eigenvalue weighted by Crippen LogP contribution is -2.46. The summed E-state index contributed by atoms with van der Waals surface area (Å²) in [5, 5.41) is 10.8. The average Bonchev–Trinajstić information content (AvgIpc) is 2.32. The quantitative estimate of drug-likeness (QED) is 0.603. The molecule has 0 spiro atoms. The maximum Gasteiger partial charge on any atom is 0.311 e. The van der Waals surface area contributed by atoms with Crippen molar-refractivity contribution in [3.63, 3.8) is 0 Å². The highest BCUT2D eigenvalue weighted by atomic mass is 16.6. The Labute approximate surface area is 112 Å². The molecule has 1 aliphatic carbocycles. The zero-order valence-electron chi connectivity index (χ0n) is 11.3. The first kappa shape index (κ1) is 13.6. The largest absolute Gasteiger partial charge is 0.490 e. The van der Waals surface area contributed by atoms with Crippen LogP contribution in [-0.4, -0.2) is 43.2 Å². The van der Waals surface area contributed by atoms with Crippen LogP contribution in [0, 0.1) is 10.1 Å². The molecule has 6 nitrogen and oxygen atoms in total. The minimum absolute atomic E-state index is 0.0466. The van der Waals surface area contributed by atoms with Gasteiger partial charge in [0.05, 0.1) is 12.0 Å². The topological polar surface area (TPSA) is 64.8 Å². The van der Waals surface area contributed by atoms with E-state index in [4.69, 9.17) is 9.47 Å². The Kier molecular flexibility index (Phi) is 3.90. The minimum atomic E-state index is -0.464. The molecule has 6 heteroatoms. The van der Waals surface area contributed by atoms with Gasteiger partial charge in [-0.1, -0.05) is 0 Å². The Balaban J connectivity index is 2.01. The molecule has 0 N–H and O–H groups in total. The molecule has 1 aromatic rings. The summed E-state index contributed by atoms with van der Waals surface area (Å²) in [6, 6.07) is 5.16. The summed E-state index contributed by atoms with van der Waals surface area (Å²) < 4.78 is 10.8. The fourth-order valence-corrected chi connectivity index (χ4v) is 2.13. The summed E-state index contributed by atoms with van der Waals surface area (Å²) in [6.07, 6.45) is 2.14. The van der Waals surface area contributed by atoms with E-state index in [1.54, 1.807) is 12.1 Å². The van der Waals surface area contributed by atoms with Gasteiger partial charge in [-0.3, -0.25) is 10.1 Å². The number of nitro groups is 1. The zero-order valence-corrected chi connectivity index (χ0v) is 11.3. The van der Waals surface area contributed by atoms with Gasteiger partial charge in [0.15, 0.2) is 0 Å². The Morgan fingerprint density at radius 2 is 2.05 bits per heavy atom. The number of nitrogens with zero attached hydrogens (tertiary/aromatic N) is 2. The van der Waals surface area contributed by atoms with E-state index in [-0.39, 0.29) is 17.5 Å². The summed E-state index contributed by atoms with van der Waals surface area (Å²) in [5.41, 5.74) is -0.0466. The third-order valence-corrected chi connectivity index (χ3v) is 3.45. The van der Waals surface area contributed by atoms with Crippen LogP contribution in [0.4, 0.5) is 5.69 Å². The van der Waals surface area contributed by atoms with Crippen molar-refractivity contribution in [3.8, 4) is 11.5 Å². The van der Waals surface area contributed by atoms with E-state index >= 15 is 0 Å².